The predicted molar refractivity (Wildman–Crippen MR) is 85.3 cm³/mol. The van der Waals surface area contributed by atoms with Crippen LogP contribution in [0.25, 0.3) is 0 Å². The van der Waals surface area contributed by atoms with Gasteiger partial charge >= 0.3 is 0 Å². The molecule has 0 radical (unpaired) electrons. The predicted octanol–water partition coefficient (Wildman–Crippen LogP) is 1.29. The summed E-state index contributed by atoms with van der Waals surface area (Å²) in [5, 5.41) is 9.16. The van der Waals surface area contributed by atoms with E-state index in [2.05, 4.69) is 16.0 Å². The number of para-hydroxylation sites is 2. The van der Waals surface area contributed by atoms with Gasteiger partial charge in [0.05, 0.1) is 19.3 Å². The number of rotatable bonds is 6. The lowest BCUT2D eigenvalue weighted by Gasteiger charge is -2.27. The second-order valence-corrected chi connectivity index (χ2v) is 4.38. The summed E-state index contributed by atoms with van der Waals surface area (Å²) in [6, 6.07) is 7.55. The van der Waals surface area contributed by atoms with Crippen molar-refractivity contribution in [2.24, 2.45) is 5.92 Å². The zero-order chi connectivity index (χ0) is 12.8. The number of amides is 1. The van der Waals surface area contributed by atoms with Gasteiger partial charge in [0.15, 0.2) is 0 Å². The summed E-state index contributed by atoms with van der Waals surface area (Å²) in [5.41, 5.74) is 0.834. The smallest absolute Gasteiger partial charge is 0.239 e. The van der Waals surface area contributed by atoms with E-state index in [1.54, 1.807) is 7.11 Å². The highest BCUT2D eigenvalue weighted by atomic mass is 35.5. The van der Waals surface area contributed by atoms with Crippen molar-refractivity contribution in [1.29, 1.82) is 0 Å². The first-order chi connectivity index (χ1) is 8.79. The molecule has 0 saturated carbocycles. The molecule has 0 atom stereocenters. The minimum absolute atomic E-state index is 0. The van der Waals surface area contributed by atoms with Gasteiger partial charge in [-0.1, -0.05) is 12.1 Å². The maximum atomic E-state index is 11.6. The molecule has 1 heterocycles. The van der Waals surface area contributed by atoms with E-state index in [0.29, 0.717) is 5.92 Å². The first-order valence-electron chi connectivity index (χ1n) is 6.14. The number of ether oxygens (including phenoxy) is 1. The summed E-state index contributed by atoms with van der Waals surface area (Å²) in [4.78, 5) is 11.6. The molecule has 1 amide bonds. The molecule has 1 aromatic rings. The molecular formula is C13H21Cl2N3O2. The molecule has 0 aliphatic carbocycles. The number of hydrogen-bond acceptors (Lipinski definition) is 4. The van der Waals surface area contributed by atoms with Gasteiger partial charge in [0.25, 0.3) is 0 Å². The fourth-order valence-corrected chi connectivity index (χ4v) is 1.78. The summed E-state index contributed by atoms with van der Waals surface area (Å²) < 4.78 is 5.20. The van der Waals surface area contributed by atoms with Crippen LogP contribution in [-0.2, 0) is 4.79 Å². The largest absolute Gasteiger partial charge is 0.495 e. The normalized spacial score (nSPS) is 13.2. The molecule has 1 aromatic carbocycles. The van der Waals surface area contributed by atoms with E-state index >= 15 is 0 Å². The first kappa shape index (κ1) is 18.8. The Balaban J connectivity index is 0.00000180. The average Bonchev–Trinajstić information content (AvgIpc) is 2.35. The van der Waals surface area contributed by atoms with Crippen molar-refractivity contribution >= 4 is 36.4 Å². The van der Waals surface area contributed by atoms with Crippen LogP contribution in [0.1, 0.15) is 0 Å². The number of hydrogen-bond donors (Lipinski definition) is 3. The first-order valence-corrected chi connectivity index (χ1v) is 6.14. The van der Waals surface area contributed by atoms with Crippen molar-refractivity contribution in [3.63, 3.8) is 0 Å². The van der Waals surface area contributed by atoms with Crippen molar-refractivity contribution in [2.45, 2.75) is 0 Å². The van der Waals surface area contributed by atoms with Crippen LogP contribution in [-0.4, -0.2) is 39.2 Å². The van der Waals surface area contributed by atoms with Crippen LogP contribution in [0.15, 0.2) is 24.3 Å². The highest BCUT2D eigenvalue weighted by Gasteiger charge is 2.16. The highest BCUT2D eigenvalue weighted by Crippen LogP contribution is 2.22. The second-order valence-electron chi connectivity index (χ2n) is 4.38. The topological polar surface area (TPSA) is 62.4 Å². The van der Waals surface area contributed by atoms with Gasteiger partial charge in [0.2, 0.25) is 5.91 Å². The van der Waals surface area contributed by atoms with Gasteiger partial charge in [0, 0.05) is 25.6 Å². The molecule has 114 valence electrons. The third kappa shape index (κ3) is 5.45. The van der Waals surface area contributed by atoms with Crippen LogP contribution in [0.3, 0.4) is 0 Å². The molecule has 1 saturated heterocycles. The highest BCUT2D eigenvalue weighted by molar-refractivity contribution is 5.85. The van der Waals surface area contributed by atoms with Crippen molar-refractivity contribution < 1.29 is 9.53 Å². The maximum absolute atomic E-state index is 11.6. The minimum Gasteiger partial charge on any atom is -0.495 e. The van der Waals surface area contributed by atoms with E-state index in [1.165, 1.54) is 0 Å². The lowest BCUT2D eigenvalue weighted by atomic mass is 10.0. The number of halogens is 2. The number of carbonyl (C=O) groups excluding carboxylic acids is 1. The van der Waals surface area contributed by atoms with Gasteiger partial charge in [-0.3, -0.25) is 4.79 Å². The fourth-order valence-electron chi connectivity index (χ4n) is 1.78. The lowest BCUT2D eigenvalue weighted by Crippen LogP contribution is -2.48. The lowest BCUT2D eigenvalue weighted by molar-refractivity contribution is -0.119. The Bertz CT molecular complexity index is 414. The van der Waals surface area contributed by atoms with Crippen LogP contribution in [0.4, 0.5) is 5.69 Å². The third-order valence-electron chi connectivity index (χ3n) is 3.00. The molecule has 0 spiro atoms. The van der Waals surface area contributed by atoms with Crippen LogP contribution >= 0.6 is 24.8 Å². The Morgan fingerprint density at radius 2 is 2.05 bits per heavy atom. The van der Waals surface area contributed by atoms with E-state index in [9.17, 15) is 4.79 Å². The fraction of sp³-hybridized carbons (Fsp3) is 0.462. The molecule has 5 nitrogen and oxygen atoms in total. The number of carbonyl (C=O) groups is 1. The van der Waals surface area contributed by atoms with E-state index in [4.69, 9.17) is 4.74 Å². The van der Waals surface area contributed by atoms with Crippen molar-refractivity contribution in [3.05, 3.63) is 24.3 Å². The van der Waals surface area contributed by atoms with Gasteiger partial charge in [-0.25, -0.2) is 0 Å². The quantitative estimate of drug-likeness (QED) is 0.738. The Morgan fingerprint density at radius 1 is 1.35 bits per heavy atom. The molecule has 1 aliphatic rings. The molecule has 1 aliphatic heterocycles. The molecule has 20 heavy (non-hydrogen) atoms. The van der Waals surface area contributed by atoms with Gasteiger partial charge in [-0.05, 0) is 12.1 Å². The maximum Gasteiger partial charge on any atom is 0.239 e. The van der Waals surface area contributed by atoms with E-state index in [1.807, 2.05) is 24.3 Å². The molecule has 7 heteroatoms. The Kier molecular flexibility index (Phi) is 9.12. The number of nitrogens with one attached hydrogen (secondary N) is 3. The van der Waals surface area contributed by atoms with Crippen LogP contribution in [0, 0.1) is 5.92 Å². The SMILES string of the molecule is COc1ccccc1NCC(=O)NCC1CNC1.Cl.Cl. The monoisotopic (exact) mass is 321 g/mol. The number of methoxy groups -OCH3 is 1. The van der Waals surface area contributed by atoms with Crippen LogP contribution in [0.5, 0.6) is 5.75 Å². The molecule has 3 N–H and O–H groups in total. The summed E-state index contributed by atoms with van der Waals surface area (Å²) in [6.45, 7) is 3.01. The molecule has 0 aromatic heterocycles. The van der Waals surface area contributed by atoms with E-state index in [-0.39, 0.29) is 37.3 Å². The van der Waals surface area contributed by atoms with E-state index in [0.717, 1.165) is 31.1 Å². The Morgan fingerprint density at radius 3 is 2.65 bits per heavy atom. The average molecular weight is 322 g/mol. The van der Waals surface area contributed by atoms with E-state index < -0.39 is 0 Å². The molecule has 1 fully saturated rings. The van der Waals surface area contributed by atoms with Gasteiger partial charge < -0.3 is 20.7 Å². The molecule has 0 bridgehead atoms. The minimum atomic E-state index is 0. The van der Waals surface area contributed by atoms with Gasteiger partial charge in [-0.15, -0.1) is 24.8 Å². The summed E-state index contributed by atoms with van der Waals surface area (Å²) in [5.74, 6) is 1.33. The second kappa shape index (κ2) is 9.69. The van der Waals surface area contributed by atoms with Crippen molar-refractivity contribution in [1.82, 2.24) is 10.6 Å². The zero-order valence-electron chi connectivity index (χ0n) is 11.3. The van der Waals surface area contributed by atoms with Crippen molar-refractivity contribution in [3.8, 4) is 5.75 Å². The van der Waals surface area contributed by atoms with Crippen molar-refractivity contribution in [2.75, 3.05) is 38.6 Å². The number of anilines is 1. The van der Waals surface area contributed by atoms with Gasteiger partial charge in [-0.2, -0.15) is 0 Å². The zero-order valence-corrected chi connectivity index (χ0v) is 13.0. The molecule has 0 unspecified atom stereocenters. The third-order valence-corrected chi connectivity index (χ3v) is 3.00. The summed E-state index contributed by atoms with van der Waals surface area (Å²) >= 11 is 0. The molecule has 2 rings (SSSR count). The number of benzene rings is 1. The van der Waals surface area contributed by atoms with Crippen LogP contribution in [0.2, 0.25) is 0 Å². The Labute approximate surface area is 131 Å². The van der Waals surface area contributed by atoms with Crippen LogP contribution < -0.4 is 20.7 Å². The summed E-state index contributed by atoms with van der Waals surface area (Å²) in [6.07, 6.45) is 0. The molecular weight excluding hydrogens is 301 g/mol. The Hall–Kier alpha value is -1.17. The standard InChI is InChI=1S/C13H19N3O2.2ClH/c1-18-12-5-3-2-4-11(12)15-9-13(17)16-8-10-6-14-7-10;;/h2-5,10,14-15H,6-9H2,1H3,(H,16,17);2*1H. The van der Waals surface area contributed by atoms with Gasteiger partial charge in [0.1, 0.15) is 5.75 Å². The summed E-state index contributed by atoms with van der Waals surface area (Å²) in [7, 11) is 1.62.